The van der Waals surface area contributed by atoms with Crippen LogP contribution in [0.5, 0.6) is 0 Å². The molecule has 3 aromatic rings. The van der Waals surface area contributed by atoms with Crippen molar-refractivity contribution < 1.29 is 0 Å². The minimum absolute atomic E-state index is 0.741. The summed E-state index contributed by atoms with van der Waals surface area (Å²) in [6, 6.07) is 7.96. The Bertz CT molecular complexity index is 774. The van der Waals surface area contributed by atoms with Gasteiger partial charge in [0.25, 0.3) is 0 Å². The van der Waals surface area contributed by atoms with Crippen LogP contribution in [0.1, 0.15) is 0 Å². The van der Waals surface area contributed by atoms with E-state index in [0.29, 0.717) is 0 Å². The van der Waals surface area contributed by atoms with E-state index in [1.54, 1.807) is 0 Å². The lowest BCUT2D eigenvalue weighted by Gasteiger charge is -2.29. The zero-order valence-electron chi connectivity index (χ0n) is 11.0. The molecule has 102 valence electrons. The van der Waals surface area contributed by atoms with Crippen LogP contribution in [-0.2, 0) is 0 Å². The molecule has 1 aromatic carbocycles. The number of anilines is 1. The number of nitrogens with one attached hydrogen (secondary N) is 2. The fourth-order valence-electron chi connectivity index (χ4n) is 2.88. The molecule has 0 unspecified atom stereocenters. The van der Waals surface area contributed by atoms with E-state index in [1.807, 2.05) is 24.4 Å². The fourth-order valence-corrected chi connectivity index (χ4v) is 3.05. The lowest BCUT2D eigenvalue weighted by molar-refractivity contribution is 0.587. The predicted octanol–water partition coefficient (Wildman–Crippen LogP) is 2.78. The van der Waals surface area contributed by atoms with Gasteiger partial charge < -0.3 is 15.2 Å². The van der Waals surface area contributed by atoms with Gasteiger partial charge in [-0.15, -0.1) is 0 Å². The predicted molar refractivity (Wildman–Crippen MR) is 83.7 cm³/mol. The Balaban J connectivity index is 1.99. The summed E-state index contributed by atoms with van der Waals surface area (Å²) in [6.45, 7) is 4.00. The molecular weight excluding hydrogens is 272 g/mol. The maximum absolute atomic E-state index is 6.11. The molecule has 20 heavy (non-hydrogen) atoms. The normalized spacial score (nSPS) is 16.1. The fraction of sp³-hybridized carbons (Fsp3) is 0.267. The lowest BCUT2D eigenvalue weighted by atomic mass is 10.1. The molecule has 5 heteroatoms. The van der Waals surface area contributed by atoms with Crippen LogP contribution in [0.15, 0.2) is 30.5 Å². The first-order valence-electron chi connectivity index (χ1n) is 6.85. The number of aromatic nitrogens is 2. The number of fused-ring (bicyclic) bond motifs is 3. The molecule has 0 bridgehead atoms. The van der Waals surface area contributed by atoms with Gasteiger partial charge in [-0.25, -0.2) is 4.98 Å². The summed E-state index contributed by atoms with van der Waals surface area (Å²) in [4.78, 5) is 10.5. The van der Waals surface area contributed by atoms with E-state index in [9.17, 15) is 0 Å². The molecule has 3 heterocycles. The molecule has 0 aliphatic carbocycles. The second kappa shape index (κ2) is 4.65. The van der Waals surface area contributed by atoms with Crippen molar-refractivity contribution in [2.45, 2.75) is 0 Å². The van der Waals surface area contributed by atoms with Crippen molar-refractivity contribution in [3.8, 4) is 0 Å². The van der Waals surface area contributed by atoms with E-state index in [-0.39, 0.29) is 0 Å². The number of H-pyrrole nitrogens is 1. The molecular formula is C15H15ClN4. The number of hydrogen-bond donors (Lipinski definition) is 2. The third kappa shape index (κ3) is 1.84. The molecule has 0 radical (unpaired) electrons. The van der Waals surface area contributed by atoms with Gasteiger partial charge in [0.15, 0.2) is 0 Å². The van der Waals surface area contributed by atoms with Crippen LogP contribution >= 0.6 is 11.6 Å². The highest BCUT2D eigenvalue weighted by Gasteiger charge is 2.17. The number of halogens is 1. The minimum Gasteiger partial charge on any atom is -0.361 e. The van der Waals surface area contributed by atoms with Crippen molar-refractivity contribution in [3.63, 3.8) is 0 Å². The molecule has 4 rings (SSSR count). The monoisotopic (exact) mass is 286 g/mol. The number of pyridine rings is 1. The largest absolute Gasteiger partial charge is 0.361 e. The van der Waals surface area contributed by atoms with Crippen LogP contribution < -0.4 is 10.2 Å². The van der Waals surface area contributed by atoms with E-state index < -0.39 is 0 Å². The first kappa shape index (κ1) is 12.0. The number of benzene rings is 1. The Morgan fingerprint density at radius 1 is 1.10 bits per heavy atom. The van der Waals surface area contributed by atoms with Gasteiger partial charge in [0.2, 0.25) is 0 Å². The highest BCUT2D eigenvalue weighted by molar-refractivity contribution is 6.31. The van der Waals surface area contributed by atoms with Crippen molar-refractivity contribution in [3.05, 3.63) is 35.5 Å². The number of aromatic amines is 1. The second-order valence-corrected chi connectivity index (χ2v) is 5.54. The van der Waals surface area contributed by atoms with Gasteiger partial charge in [-0.2, -0.15) is 0 Å². The molecule has 1 saturated heterocycles. The maximum atomic E-state index is 6.11. The smallest absolute Gasteiger partial charge is 0.138 e. The Kier molecular flexibility index (Phi) is 2.79. The van der Waals surface area contributed by atoms with Gasteiger partial charge in [-0.05, 0) is 24.3 Å². The van der Waals surface area contributed by atoms with Crippen molar-refractivity contribution in [2.24, 2.45) is 0 Å². The summed E-state index contributed by atoms with van der Waals surface area (Å²) in [5, 5.41) is 6.37. The highest BCUT2D eigenvalue weighted by Crippen LogP contribution is 2.32. The van der Waals surface area contributed by atoms with Gasteiger partial charge in [0, 0.05) is 48.2 Å². The van der Waals surface area contributed by atoms with Crippen LogP contribution in [0.4, 0.5) is 5.82 Å². The number of rotatable bonds is 1. The molecule has 4 nitrogen and oxygen atoms in total. The molecule has 1 aliphatic heterocycles. The summed E-state index contributed by atoms with van der Waals surface area (Å²) >= 11 is 6.11. The molecule has 0 atom stereocenters. The van der Waals surface area contributed by atoms with E-state index >= 15 is 0 Å². The topological polar surface area (TPSA) is 44.0 Å². The standard InChI is InChI=1S/C15H15ClN4/c16-10-1-2-13-12(9-10)14-11(3-4-18-14)15(19-13)20-7-5-17-6-8-20/h1-4,9,17-18H,5-8H2. The second-order valence-electron chi connectivity index (χ2n) is 5.10. The molecule has 1 fully saturated rings. The average Bonchev–Trinajstić information content (AvgIpc) is 2.97. The van der Waals surface area contributed by atoms with Crippen molar-refractivity contribution in [2.75, 3.05) is 31.1 Å². The van der Waals surface area contributed by atoms with E-state index in [1.165, 1.54) is 5.39 Å². The number of nitrogens with zero attached hydrogens (tertiary/aromatic N) is 2. The van der Waals surface area contributed by atoms with Crippen LogP contribution in [0.3, 0.4) is 0 Å². The summed E-state index contributed by atoms with van der Waals surface area (Å²) < 4.78 is 0. The molecule has 0 amide bonds. The zero-order chi connectivity index (χ0) is 13.5. The van der Waals surface area contributed by atoms with Gasteiger partial charge in [0.1, 0.15) is 5.82 Å². The van der Waals surface area contributed by atoms with Crippen molar-refractivity contribution in [1.29, 1.82) is 0 Å². The van der Waals surface area contributed by atoms with Crippen LogP contribution in [0.25, 0.3) is 21.8 Å². The van der Waals surface area contributed by atoms with Crippen LogP contribution in [0.2, 0.25) is 5.02 Å². The van der Waals surface area contributed by atoms with Crippen molar-refractivity contribution >= 4 is 39.2 Å². The maximum Gasteiger partial charge on any atom is 0.138 e. The molecule has 1 aliphatic rings. The summed E-state index contributed by atoms with van der Waals surface area (Å²) in [5.41, 5.74) is 2.10. The van der Waals surface area contributed by atoms with Gasteiger partial charge in [-0.3, -0.25) is 0 Å². The third-order valence-electron chi connectivity index (χ3n) is 3.86. The molecule has 2 N–H and O–H groups in total. The molecule has 2 aromatic heterocycles. The highest BCUT2D eigenvalue weighted by atomic mass is 35.5. The Morgan fingerprint density at radius 2 is 1.95 bits per heavy atom. The third-order valence-corrected chi connectivity index (χ3v) is 4.09. The average molecular weight is 287 g/mol. The SMILES string of the molecule is Clc1ccc2nc(N3CCNCC3)c3cc[nH]c3c2c1. The van der Waals surface area contributed by atoms with E-state index in [0.717, 1.165) is 53.4 Å². The summed E-state index contributed by atoms with van der Waals surface area (Å²) in [5.74, 6) is 1.07. The zero-order valence-corrected chi connectivity index (χ0v) is 11.7. The van der Waals surface area contributed by atoms with Crippen LogP contribution in [0, 0.1) is 0 Å². The van der Waals surface area contributed by atoms with E-state index in [4.69, 9.17) is 16.6 Å². The first-order valence-corrected chi connectivity index (χ1v) is 7.23. The Hall–Kier alpha value is -1.78. The molecule has 0 saturated carbocycles. The van der Waals surface area contributed by atoms with Crippen LogP contribution in [-0.4, -0.2) is 36.1 Å². The van der Waals surface area contributed by atoms with Crippen molar-refractivity contribution in [1.82, 2.24) is 15.3 Å². The molecule has 0 spiro atoms. The Morgan fingerprint density at radius 3 is 2.80 bits per heavy atom. The lowest BCUT2D eigenvalue weighted by Crippen LogP contribution is -2.43. The number of piperazine rings is 1. The minimum atomic E-state index is 0.741. The van der Waals surface area contributed by atoms with Gasteiger partial charge in [-0.1, -0.05) is 11.6 Å². The van der Waals surface area contributed by atoms with Gasteiger partial charge in [0.05, 0.1) is 11.0 Å². The van der Waals surface area contributed by atoms with Gasteiger partial charge >= 0.3 is 0 Å². The first-order chi connectivity index (χ1) is 9.83. The summed E-state index contributed by atoms with van der Waals surface area (Å²) in [6.07, 6.45) is 1.97. The quantitative estimate of drug-likeness (QED) is 0.723. The Labute approximate surface area is 121 Å². The summed E-state index contributed by atoms with van der Waals surface area (Å²) in [7, 11) is 0. The van der Waals surface area contributed by atoms with E-state index in [2.05, 4.69) is 21.3 Å². The number of hydrogen-bond acceptors (Lipinski definition) is 3.